The molecule has 0 unspecified atom stereocenters. The van der Waals surface area contributed by atoms with Crippen molar-refractivity contribution < 1.29 is 26.7 Å². The number of nitrogens with one attached hydrogen (secondary N) is 1. The van der Waals surface area contributed by atoms with Gasteiger partial charge in [0.1, 0.15) is 5.82 Å². The zero-order valence-corrected chi connectivity index (χ0v) is 10.6. The van der Waals surface area contributed by atoms with Gasteiger partial charge in [0.25, 0.3) is 5.91 Å². The molecule has 0 aliphatic rings. The monoisotopic (exact) mass is 301 g/mol. The van der Waals surface area contributed by atoms with Gasteiger partial charge in [0.05, 0.1) is 11.3 Å². The number of halogens is 5. The molecule has 1 N–H and O–H groups in total. The van der Waals surface area contributed by atoms with Gasteiger partial charge in [0.15, 0.2) is 23.3 Å². The van der Waals surface area contributed by atoms with Crippen LogP contribution in [0.3, 0.4) is 0 Å². The average Bonchev–Trinajstić information content (AvgIpc) is 2.44. The lowest BCUT2D eigenvalue weighted by atomic mass is 10.1. The minimum absolute atomic E-state index is 0.205. The minimum atomic E-state index is -2.11. The molecule has 110 valence electrons. The molecule has 0 atom stereocenters. The fraction of sp³-hybridized carbons (Fsp3) is 0.0714. The first-order valence-electron chi connectivity index (χ1n) is 5.71. The van der Waals surface area contributed by atoms with E-state index in [0.29, 0.717) is 5.56 Å². The van der Waals surface area contributed by atoms with Gasteiger partial charge in [-0.05, 0) is 30.7 Å². The lowest BCUT2D eigenvalue weighted by Crippen LogP contribution is -2.17. The third kappa shape index (κ3) is 2.86. The summed E-state index contributed by atoms with van der Waals surface area (Å²) in [5, 5.41) is 1.97. The van der Waals surface area contributed by atoms with Crippen LogP contribution in [0, 0.1) is 36.0 Å². The Morgan fingerprint density at radius 3 is 2.24 bits per heavy atom. The van der Waals surface area contributed by atoms with Gasteiger partial charge in [-0.3, -0.25) is 4.79 Å². The fourth-order valence-electron chi connectivity index (χ4n) is 1.66. The van der Waals surface area contributed by atoms with Crippen LogP contribution >= 0.6 is 0 Å². The quantitative estimate of drug-likeness (QED) is 0.508. The number of amides is 1. The lowest BCUT2D eigenvalue weighted by Gasteiger charge is -2.09. The van der Waals surface area contributed by atoms with Gasteiger partial charge >= 0.3 is 0 Å². The molecule has 2 aromatic rings. The normalized spacial score (nSPS) is 10.6. The van der Waals surface area contributed by atoms with Crippen molar-refractivity contribution in [2.75, 3.05) is 5.32 Å². The van der Waals surface area contributed by atoms with Crippen LogP contribution in [0.5, 0.6) is 0 Å². The molecular formula is C14H8F5NO. The van der Waals surface area contributed by atoms with E-state index in [1.165, 1.54) is 12.1 Å². The van der Waals surface area contributed by atoms with Crippen molar-refractivity contribution in [1.82, 2.24) is 0 Å². The molecule has 2 nitrogen and oxygen atoms in total. The van der Waals surface area contributed by atoms with Crippen molar-refractivity contribution >= 4 is 11.6 Å². The smallest absolute Gasteiger partial charge is 0.258 e. The molecule has 21 heavy (non-hydrogen) atoms. The van der Waals surface area contributed by atoms with E-state index >= 15 is 0 Å². The molecule has 0 bridgehead atoms. The number of carbonyl (C=O) groups is 1. The number of benzene rings is 2. The molecule has 2 rings (SSSR count). The first-order valence-corrected chi connectivity index (χ1v) is 5.71. The number of anilines is 1. The van der Waals surface area contributed by atoms with Gasteiger partial charge < -0.3 is 5.32 Å². The number of hydrogen-bond donors (Lipinski definition) is 1. The molecule has 1 amide bonds. The average molecular weight is 301 g/mol. The molecule has 0 fully saturated rings. The van der Waals surface area contributed by atoms with Gasteiger partial charge in [0.2, 0.25) is 0 Å². The van der Waals surface area contributed by atoms with Crippen molar-refractivity contribution in [3.05, 3.63) is 64.5 Å². The van der Waals surface area contributed by atoms with Crippen molar-refractivity contribution in [2.24, 2.45) is 0 Å². The second kappa shape index (κ2) is 5.51. The zero-order valence-electron chi connectivity index (χ0n) is 10.6. The fourth-order valence-corrected chi connectivity index (χ4v) is 1.66. The highest BCUT2D eigenvalue weighted by Crippen LogP contribution is 2.21. The van der Waals surface area contributed by atoms with E-state index in [0.717, 1.165) is 6.07 Å². The van der Waals surface area contributed by atoms with Crippen LogP contribution in [0.2, 0.25) is 0 Å². The van der Waals surface area contributed by atoms with E-state index in [1.54, 1.807) is 6.92 Å². The highest BCUT2D eigenvalue weighted by Gasteiger charge is 2.23. The molecule has 0 saturated heterocycles. The number of hydrogen-bond acceptors (Lipinski definition) is 1. The Morgan fingerprint density at radius 1 is 0.905 bits per heavy atom. The van der Waals surface area contributed by atoms with Crippen molar-refractivity contribution in [3.8, 4) is 0 Å². The maximum absolute atomic E-state index is 13.5. The van der Waals surface area contributed by atoms with Crippen molar-refractivity contribution in [1.29, 1.82) is 0 Å². The standard InChI is InChI=1S/C14H8F5NO/c1-6-2-3-8(15)10(4-6)20-14(21)7-5-9(16)12(18)13(19)11(7)17/h2-5H,1H3,(H,20,21). The minimum Gasteiger partial charge on any atom is -0.319 e. The van der Waals surface area contributed by atoms with Gasteiger partial charge in [0, 0.05) is 0 Å². The van der Waals surface area contributed by atoms with Crippen molar-refractivity contribution in [2.45, 2.75) is 6.92 Å². The van der Waals surface area contributed by atoms with E-state index < -0.39 is 40.6 Å². The number of carbonyl (C=O) groups excluding carboxylic acids is 1. The third-order valence-corrected chi connectivity index (χ3v) is 2.72. The summed E-state index contributed by atoms with van der Waals surface area (Å²) in [6.07, 6.45) is 0. The van der Waals surface area contributed by atoms with E-state index in [2.05, 4.69) is 0 Å². The predicted octanol–water partition coefficient (Wildman–Crippen LogP) is 3.94. The number of rotatable bonds is 2. The molecule has 0 heterocycles. The Balaban J connectivity index is 2.40. The van der Waals surface area contributed by atoms with Gasteiger partial charge in [-0.2, -0.15) is 0 Å². The lowest BCUT2D eigenvalue weighted by molar-refractivity contribution is 0.102. The van der Waals surface area contributed by atoms with Crippen LogP contribution in [-0.4, -0.2) is 5.91 Å². The maximum atomic E-state index is 13.5. The van der Waals surface area contributed by atoms with Crippen LogP contribution in [-0.2, 0) is 0 Å². The van der Waals surface area contributed by atoms with Crippen LogP contribution in [0.25, 0.3) is 0 Å². The Bertz CT molecular complexity index is 730. The summed E-state index contributed by atoms with van der Waals surface area (Å²) in [5.41, 5.74) is -0.750. The Labute approximate surface area is 116 Å². The summed E-state index contributed by atoms with van der Waals surface area (Å²) in [7, 11) is 0. The van der Waals surface area contributed by atoms with E-state index in [-0.39, 0.29) is 11.8 Å². The Kier molecular flexibility index (Phi) is 3.93. The zero-order chi connectivity index (χ0) is 15.7. The molecule has 0 aliphatic carbocycles. The van der Waals surface area contributed by atoms with E-state index in [4.69, 9.17) is 0 Å². The molecule has 7 heteroatoms. The van der Waals surface area contributed by atoms with Gasteiger partial charge in [-0.1, -0.05) is 6.07 Å². The summed E-state index contributed by atoms with van der Waals surface area (Å²) < 4.78 is 65.8. The first-order chi connectivity index (χ1) is 9.81. The van der Waals surface area contributed by atoms with Gasteiger partial charge in [-0.25, -0.2) is 22.0 Å². The van der Waals surface area contributed by atoms with Gasteiger partial charge in [-0.15, -0.1) is 0 Å². The second-order valence-electron chi connectivity index (χ2n) is 4.29. The Morgan fingerprint density at radius 2 is 1.57 bits per heavy atom. The summed E-state index contributed by atoms with van der Waals surface area (Å²) in [4.78, 5) is 11.7. The number of aryl methyl sites for hydroxylation is 1. The SMILES string of the molecule is Cc1ccc(F)c(NC(=O)c2cc(F)c(F)c(F)c2F)c1. The van der Waals surface area contributed by atoms with Crippen molar-refractivity contribution in [3.63, 3.8) is 0 Å². The second-order valence-corrected chi connectivity index (χ2v) is 4.29. The molecule has 0 aromatic heterocycles. The molecule has 0 aliphatic heterocycles. The largest absolute Gasteiger partial charge is 0.319 e. The van der Waals surface area contributed by atoms with E-state index in [1.807, 2.05) is 5.32 Å². The van der Waals surface area contributed by atoms with Crippen LogP contribution in [0.1, 0.15) is 15.9 Å². The summed E-state index contributed by atoms with van der Waals surface area (Å²) in [6.45, 7) is 1.62. The third-order valence-electron chi connectivity index (χ3n) is 2.72. The molecular weight excluding hydrogens is 293 g/mol. The highest BCUT2D eigenvalue weighted by molar-refractivity contribution is 6.04. The maximum Gasteiger partial charge on any atom is 0.258 e. The molecule has 0 spiro atoms. The predicted molar refractivity (Wildman–Crippen MR) is 65.4 cm³/mol. The first kappa shape index (κ1) is 15.0. The Hall–Kier alpha value is -2.44. The molecule has 2 aromatic carbocycles. The van der Waals surface area contributed by atoms with Crippen LogP contribution in [0.15, 0.2) is 24.3 Å². The molecule has 0 radical (unpaired) electrons. The summed E-state index contributed by atoms with van der Waals surface area (Å²) in [6, 6.07) is 3.95. The topological polar surface area (TPSA) is 29.1 Å². The highest BCUT2D eigenvalue weighted by atomic mass is 19.2. The summed E-state index contributed by atoms with van der Waals surface area (Å²) >= 11 is 0. The molecule has 0 saturated carbocycles. The van der Waals surface area contributed by atoms with Crippen LogP contribution in [0.4, 0.5) is 27.6 Å². The summed E-state index contributed by atoms with van der Waals surface area (Å²) in [5.74, 6) is -9.80. The van der Waals surface area contributed by atoms with E-state index in [9.17, 15) is 26.7 Å². The van der Waals surface area contributed by atoms with Crippen LogP contribution < -0.4 is 5.32 Å².